The number of aromatic amines is 1. The maximum absolute atomic E-state index is 5.32. The summed E-state index contributed by atoms with van der Waals surface area (Å²) in [4.78, 5) is 0. The molecule has 0 bridgehead atoms. The summed E-state index contributed by atoms with van der Waals surface area (Å²) in [5.74, 6) is 1.47. The highest BCUT2D eigenvalue weighted by Crippen LogP contribution is 2.38. The van der Waals surface area contributed by atoms with E-state index in [1.54, 1.807) is 4.68 Å². The molecule has 0 radical (unpaired) electrons. The molecule has 0 spiro atoms. The number of unbranched alkanes of at least 4 members (excludes halogenated alkanes) is 2. The Balaban J connectivity index is 1.82. The van der Waals surface area contributed by atoms with E-state index in [4.69, 9.17) is 12.2 Å². The third kappa shape index (κ3) is 4.51. The summed E-state index contributed by atoms with van der Waals surface area (Å²) < 4.78 is 2.35. The van der Waals surface area contributed by atoms with Crippen molar-refractivity contribution in [1.29, 1.82) is 0 Å². The Kier molecular flexibility index (Phi) is 5.75. The second kappa shape index (κ2) is 8.20. The molecule has 2 aromatic rings. The van der Waals surface area contributed by atoms with Gasteiger partial charge in [0.15, 0.2) is 5.82 Å². The van der Waals surface area contributed by atoms with Crippen LogP contribution in [0.2, 0.25) is 0 Å². The first kappa shape index (κ1) is 16.8. The zero-order valence-electron chi connectivity index (χ0n) is 14.1. The first-order valence-corrected chi connectivity index (χ1v) is 9.16. The maximum atomic E-state index is 5.32. The smallest absolute Gasteiger partial charge is 0.216 e. The van der Waals surface area contributed by atoms with E-state index < -0.39 is 0 Å². The number of hydrogen-bond donors (Lipinski definition) is 1. The van der Waals surface area contributed by atoms with Crippen LogP contribution in [-0.4, -0.2) is 21.1 Å². The molecule has 5 heteroatoms. The average Bonchev–Trinajstić information content (AvgIpc) is 3.37. The lowest BCUT2D eigenvalue weighted by atomic mass is 10.1. The van der Waals surface area contributed by atoms with Crippen LogP contribution in [-0.2, 0) is 0 Å². The standard InChI is InChI=1S/C19H24N4S/c1-2-3-5-10-16(13-15-8-6-4-7-9-15)14-20-23-18(17-11-12-17)21-22-19(23)24/h4,6-9,13-14,17H,2-3,5,10-12H2,1H3,(H,22,24)/b16-13+,20-14-. The van der Waals surface area contributed by atoms with Crippen LogP contribution in [0.1, 0.15) is 62.8 Å². The second-order valence-electron chi connectivity index (χ2n) is 6.30. The highest BCUT2D eigenvalue weighted by Gasteiger charge is 2.29. The summed E-state index contributed by atoms with van der Waals surface area (Å²) in [6, 6.07) is 10.4. The molecule has 0 aliphatic heterocycles. The fourth-order valence-electron chi connectivity index (χ4n) is 2.67. The lowest BCUT2D eigenvalue weighted by Gasteiger charge is -2.03. The summed E-state index contributed by atoms with van der Waals surface area (Å²) in [5.41, 5.74) is 2.42. The lowest BCUT2D eigenvalue weighted by Crippen LogP contribution is -1.98. The van der Waals surface area contributed by atoms with Gasteiger partial charge in [0.2, 0.25) is 4.77 Å². The molecular weight excluding hydrogens is 316 g/mol. The fourth-order valence-corrected chi connectivity index (χ4v) is 2.86. The molecule has 1 N–H and O–H groups in total. The molecule has 1 aromatic carbocycles. The predicted molar refractivity (Wildman–Crippen MR) is 102 cm³/mol. The first-order chi connectivity index (χ1) is 11.8. The highest BCUT2D eigenvalue weighted by atomic mass is 32.1. The number of H-pyrrole nitrogens is 1. The van der Waals surface area contributed by atoms with Gasteiger partial charge in [0.25, 0.3) is 0 Å². The Hall–Kier alpha value is -2.01. The summed E-state index contributed by atoms with van der Waals surface area (Å²) >= 11 is 5.32. The van der Waals surface area contributed by atoms with Crippen molar-refractivity contribution in [3.8, 4) is 0 Å². The lowest BCUT2D eigenvalue weighted by molar-refractivity contribution is 0.722. The minimum absolute atomic E-state index is 0.511. The number of rotatable bonds is 8. The van der Waals surface area contributed by atoms with Crippen LogP contribution < -0.4 is 0 Å². The summed E-state index contributed by atoms with van der Waals surface area (Å²) in [6.45, 7) is 2.22. The third-order valence-electron chi connectivity index (χ3n) is 4.18. The topological polar surface area (TPSA) is 46.0 Å². The van der Waals surface area contributed by atoms with Crippen molar-refractivity contribution in [1.82, 2.24) is 14.9 Å². The molecule has 4 nitrogen and oxygen atoms in total. The van der Waals surface area contributed by atoms with E-state index in [0.29, 0.717) is 10.7 Å². The van der Waals surface area contributed by atoms with Gasteiger partial charge in [0.1, 0.15) is 0 Å². The molecule has 1 aromatic heterocycles. The van der Waals surface area contributed by atoms with Crippen LogP contribution in [0.5, 0.6) is 0 Å². The van der Waals surface area contributed by atoms with Crippen molar-refractivity contribution in [3.63, 3.8) is 0 Å². The fraction of sp³-hybridized carbons (Fsp3) is 0.421. The zero-order chi connectivity index (χ0) is 16.8. The van der Waals surface area contributed by atoms with Crippen LogP contribution in [0.15, 0.2) is 41.0 Å². The van der Waals surface area contributed by atoms with E-state index >= 15 is 0 Å². The van der Waals surface area contributed by atoms with Crippen LogP contribution >= 0.6 is 12.2 Å². The van der Waals surface area contributed by atoms with Crippen LogP contribution in [0.3, 0.4) is 0 Å². The Morgan fingerprint density at radius 1 is 1.33 bits per heavy atom. The Labute approximate surface area is 148 Å². The van der Waals surface area contributed by atoms with Crippen molar-refractivity contribution in [2.75, 3.05) is 0 Å². The van der Waals surface area contributed by atoms with Crippen molar-refractivity contribution >= 4 is 24.5 Å². The number of nitrogens with zero attached hydrogens (tertiary/aromatic N) is 3. The van der Waals surface area contributed by atoms with Crippen molar-refractivity contribution < 1.29 is 0 Å². The Bertz CT molecular complexity index is 766. The van der Waals surface area contributed by atoms with E-state index in [0.717, 1.165) is 12.2 Å². The maximum Gasteiger partial charge on any atom is 0.216 e. The van der Waals surface area contributed by atoms with E-state index in [1.165, 1.54) is 43.2 Å². The molecule has 3 rings (SSSR count). The third-order valence-corrected chi connectivity index (χ3v) is 4.44. The Morgan fingerprint density at radius 2 is 2.12 bits per heavy atom. The SMILES string of the molecule is CCCCCC(/C=N\n1c(C2CC2)n[nH]c1=S)=C\c1ccccc1. The van der Waals surface area contributed by atoms with Gasteiger partial charge in [-0.15, -0.1) is 0 Å². The minimum atomic E-state index is 0.511. The van der Waals surface area contributed by atoms with Crippen molar-refractivity contribution in [3.05, 3.63) is 52.1 Å². The average molecular weight is 340 g/mol. The van der Waals surface area contributed by atoms with Crippen LogP contribution in [0.4, 0.5) is 0 Å². The first-order valence-electron chi connectivity index (χ1n) is 8.75. The summed E-state index contributed by atoms with van der Waals surface area (Å²) in [5, 5.41) is 11.8. The van der Waals surface area contributed by atoms with Gasteiger partial charge in [-0.05, 0) is 49.0 Å². The van der Waals surface area contributed by atoms with E-state index in [-0.39, 0.29) is 0 Å². The summed E-state index contributed by atoms with van der Waals surface area (Å²) in [7, 11) is 0. The van der Waals surface area contributed by atoms with Crippen LogP contribution in [0, 0.1) is 4.77 Å². The van der Waals surface area contributed by atoms with Gasteiger partial charge in [-0.2, -0.15) is 14.9 Å². The predicted octanol–water partition coefficient (Wildman–Crippen LogP) is 5.32. The number of aromatic nitrogens is 3. The highest BCUT2D eigenvalue weighted by molar-refractivity contribution is 7.71. The van der Waals surface area contributed by atoms with Crippen molar-refractivity contribution in [2.24, 2.45) is 5.10 Å². The molecule has 126 valence electrons. The molecule has 24 heavy (non-hydrogen) atoms. The van der Waals surface area contributed by atoms with Gasteiger partial charge in [-0.3, -0.25) is 5.10 Å². The monoisotopic (exact) mass is 340 g/mol. The number of benzene rings is 1. The van der Waals surface area contributed by atoms with E-state index in [2.05, 4.69) is 52.6 Å². The molecule has 1 saturated carbocycles. The normalized spacial score (nSPS) is 15.3. The van der Waals surface area contributed by atoms with Gasteiger partial charge in [-0.25, -0.2) is 0 Å². The zero-order valence-corrected chi connectivity index (χ0v) is 14.9. The van der Waals surface area contributed by atoms with Gasteiger partial charge in [0.05, 0.1) is 6.21 Å². The molecular formula is C19H24N4S. The van der Waals surface area contributed by atoms with E-state index in [1.807, 2.05) is 12.3 Å². The molecule has 1 aliphatic carbocycles. The van der Waals surface area contributed by atoms with Gasteiger partial charge >= 0.3 is 0 Å². The molecule has 1 aliphatic rings. The molecule has 0 amide bonds. The summed E-state index contributed by atoms with van der Waals surface area (Å²) in [6.07, 6.45) is 11.2. The van der Waals surface area contributed by atoms with Crippen molar-refractivity contribution in [2.45, 2.75) is 51.4 Å². The largest absolute Gasteiger partial charge is 0.250 e. The molecule has 0 atom stereocenters. The molecule has 0 unspecified atom stereocenters. The molecule has 0 saturated heterocycles. The number of nitrogens with one attached hydrogen (secondary N) is 1. The molecule has 1 heterocycles. The van der Waals surface area contributed by atoms with Gasteiger partial charge < -0.3 is 0 Å². The quantitative estimate of drug-likeness (QED) is 0.402. The van der Waals surface area contributed by atoms with Crippen LogP contribution in [0.25, 0.3) is 6.08 Å². The number of hydrogen-bond acceptors (Lipinski definition) is 3. The van der Waals surface area contributed by atoms with Gasteiger partial charge in [-0.1, -0.05) is 56.2 Å². The molecule has 1 fully saturated rings. The Morgan fingerprint density at radius 3 is 2.83 bits per heavy atom. The second-order valence-corrected chi connectivity index (χ2v) is 6.69. The number of allylic oxidation sites excluding steroid dienone is 1. The van der Waals surface area contributed by atoms with E-state index in [9.17, 15) is 0 Å². The van der Waals surface area contributed by atoms with Gasteiger partial charge in [0, 0.05) is 5.92 Å². The minimum Gasteiger partial charge on any atom is -0.250 e.